The average molecular weight is 359 g/mol. The second-order valence-electron chi connectivity index (χ2n) is 9.44. The summed E-state index contributed by atoms with van der Waals surface area (Å²) in [4.78, 5) is 13.3. The predicted molar refractivity (Wildman–Crippen MR) is 94.4 cm³/mol. The normalized spacial score (nSPS) is 44.0. The van der Waals surface area contributed by atoms with Crippen molar-refractivity contribution in [3.05, 3.63) is 29.8 Å². The highest BCUT2D eigenvalue weighted by Gasteiger charge is 2.92. The molecule has 4 aliphatic rings. The molecular weight excluding hydrogens is 334 g/mol. The van der Waals surface area contributed by atoms with Gasteiger partial charge in [0.1, 0.15) is 5.78 Å². The maximum absolute atomic E-state index is 13.1. The molecule has 0 radical (unpaired) electrons. The van der Waals surface area contributed by atoms with Crippen molar-refractivity contribution in [2.75, 3.05) is 13.1 Å². The number of carbonyl (C=O) groups excluding carboxylic acids is 1. The van der Waals surface area contributed by atoms with Crippen LogP contribution in [0, 0.1) is 40.9 Å². The standard InChI is InChI=1S/C20H25NO3S/c1-12-5-7-14(8-6-12)25(23,24)21-10-13-9-15-18(2,3)17(22)16-19(15,4)20(13,16)11-21/h5-8,13,15-16H,9-11H2,1-4H3/t13-,15-,16?,19-,20?/m1/s1. The number of hydrogen-bond acceptors (Lipinski definition) is 3. The van der Waals surface area contributed by atoms with E-state index < -0.39 is 10.0 Å². The fourth-order valence-electron chi connectivity index (χ4n) is 7.05. The van der Waals surface area contributed by atoms with Gasteiger partial charge in [-0.3, -0.25) is 4.79 Å². The number of benzene rings is 1. The van der Waals surface area contributed by atoms with Crippen molar-refractivity contribution in [1.29, 1.82) is 0 Å². The molecule has 25 heavy (non-hydrogen) atoms. The maximum Gasteiger partial charge on any atom is 0.243 e. The number of rotatable bonds is 2. The molecule has 5 atom stereocenters. The molecule has 1 saturated heterocycles. The zero-order valence-corrected chi connectivity index (χ0v) is 16.1. The summed E-state index contributed by atoms with van der Waals surface area (Å²) in [6, 6.07) is 7.08. The van der Waals surface area contributed by atoms with Crippen LogP contribution in [0.1, 0.15) is 32.8 Å². The topological polar surface area (TPSA) is 54.5 Å². The van der Waals surface area contributed by atoms with E-state index in [2.05, 4.69) is 20.8 Å². The molecule has 134 valence electrons. The van der Waals surface area contributed by atoms with E-state index in [0.29, 0.717) is 35.6 Å². The molecule has 1 aliphatic heterocycles. The summed E-state index contributed by atoms with van der Waals surface area (Å²) in [6.07, 6.45) is 0.992. The molecule has 3 aliphatic carbocycles. The highest BCUT2D eigenvalue weighted by Crippen LogP contribution is 2.90. The largest absolute Gasteiger partial charge is 0.299 e. The minimum atomic E-state index is -3.48. The Balaban J connectivity index is 1.50. The highest BCUT2D eigenvalue weighted by molar-refractivity contribution is 7.89. The van der Waals surface area contributed by atoms with Crippen LogP contribution in [0.4, 0.5) is 0 Å². The van der Waals surface area contributed by atoms with Gasteiger partial charge in [-0.1, -0.05) is 38.5 Å². The Morgan fingerprint density at radius 1 is 1.12 bits per heavy atom. The van der Waals surface area contributed by atoms with Crippen molar-refractivity contribution in [2.24, 2.45) is 34.0 Å². The summed E-state index contributed by atoms with van der Waals surface area (Å²) >= 11 is 0. The third-order valence-electron chi connectivity index (χ3n) is 8.30. The van der Waals surface area contributed by atoms with Crippen LogP contribution in [-0.2, 0) is 14.8 Å². The summed E-state index contributed by atoms with van der Waals surface area (Å²) in [7, 11) is -3.48. The van der Waals surface area contributed by atoms with Crippen molar-refractivity contribution < 1.29 is 13.2 Å². The summed E-state index contributed by atoms with van der Waals surface area (Å²) in [5.41, 5.74) is 0.726. The number of ketones is 1. The van der Waals surface area contributed by atoms with Gasteiger partial charge in [0.2, 0.25) is 10.0 Å². The van der Waals surface area contributed by atoms with E-state index in [-0.39, 0.29) is 22.2 Å². The maximum atomic E-state index is 13.1. The monoisotopic (exact) mass is 359 g/mol. The number of Topliss-reactive ketones (excluding diaryl/α,β-unsaturated/α-hetero) is 1. The molecule has 4 nitrogen and oxygen atoms in total. The molecule has 1 aromatic rings. The lowest BCUT2D eigenvalue weighted by atomic mass is 9.73. The lowest BCUT2D eigenvalue weighted by molar-refractivity contribution is -0.128. The number of sulfonamides is 1. The Labute approximate surface area is 149 Å². The van der Waals surface area contributed by atoms with Gasteiger partial charge < -0.3 is 0 Å². The molecule has 1 spiro atoms. The zero-order valence-electron chi connectivity index (χ0n) is 15.2. The van der Waals surface area contributed by atoms with E-state index in [1.165, 1.54) is 0 Å². The van der Waals surface area contributed by atoms with Crippen molar-refractivity contribution in [2.45, 2.75) is 39.0 Å². The average Bonchev–Trinajstić information content (AvgIpc) is 2.79. The van der Waals surface area contributed by atoms with E-state index in [1.54, 1.807) is 16.4 Å². The molecule has 1 aromatic carbocycles. The van der Waals surface area contributed by atoms with Crippen molar-refractivity contribution in [3.63, 3.8) is 0 Å². The molecule has 0 bridgehead atoms. The van der Waals surface area contributed by atoms with Crippen LogP contribution in [-0.4, -0.2) is 31.6 Å². The molecule has 5 heteroatoms. The van der Waals surface area contributed by atoms with Gasteiger partial charge in [-0.05, 0) is 42.7 Å². The molecule has 0 amide bonds. The van der Waals surface area contributed by atoms with E-state index in [9.17, 15) is 13.2 Å². The van der Waals surface area contributed by atoms with Gasteiger partial charge >= 0.3 is 0 Å². The molecule has 3 saturated carbocycles. The second kappa shape index (κ2) is 4.20. The van der Waals surface area contributed by atoms with Crippen LogP contribution < -0.4 is 0 Å². The zero-order chi connectivity index (χ0) is 18.0. The Morgan fingerprint density at radius 3 is 2.36 bits per heavy atom. The van der Waals surface area contributed by atoms with Crippen LogP contribution >= 0.6 is 0 Å². The molecular formula is C20H25NO3S. The van der Waals surface area contributed by atoms with Gasteiger partial charge in [0.25, 0.3) is 0 Å². The SMILES string of the molecule is Cc1ccc(S(=O)(=O)N2C[C@H]3C[C@@H]4C(C)(C)C(=O)C5C3(C2)[C@@]54C)cc1. The third kappa shape index (κ3) is 1.51. The molecule has 0 N–H and O–H groups in total. The van der Waals surface area contributed by atoms with Gasteiger partial charge in [-0.25, -0.2) is 8.42 Å². The van der Waals surface area contributed by atoms with Crippen LogP contribution in [0.2, 0.25) is 0 Å². The number of hydrogen-bond donors (Lipinski definition) is 0. The minimum Gasteiger partial charge on any atom is -0.299 e. The first-order valence-electron chi connectivity index (χ1n) is 9.19. The Hall–Kier alpha value is -1.20. The summed E-state index contributed by atoms with van der Waals surface area (Å²) in [5.74, 6) is 1.18. The molecule has 5 rings (SSSR count). The highest BCUT2D eigenvalue weighted by atomic mass is 32.2. The lowest BCUT2D eigenvalue weighted by Crippen LogP contribution is -2.36. The predicted octanol–water partition coefficient (Wildman–Crippen LogP) is 2.87. The minimum absolute atomic E-state index is 0.00972. The number of carbonyl (C=O) groups is 1. The van der Waals surface area contributed by atoms with Crippen LogP contribution in [0.15, 0.2) is 29.2 Å². The Kier molecular flexibility index (Phi) is 2.69. The Morgan fingerprint density at radius 2 is 1.76 bits per heavy atom. The van der Waals surface area contributed by atoms with Crippen molar-refractivity contribution in [3.8, 4) is 0 Å². The van der Waals surface area contributed by atoms with Gasteiger partial charge in [-0.2, -0.15) is 4.31 Å². The third-order valence-corrected chi connectivity index (χ3v) is 10.1. The van der Waals surface area contributed by atoms with Gasteiger partial charge in [0.15, 0.2) is 0 Å². The quantitative estimate of drug-likeness (QED) is 0.816. The first-order chi connectivity index (χ1) is 11.6. The summed E-state index contributed by atoms with van der Waals surface area (Å²) < 4.78 is 27.9. The van der Waals surface area contributed by atoms with E-state index in [4.69, 9.17) is 0 Å². The van der Waals surface area contributed by atoms with Crippen LogP contribution in [0.3, 0.4) is 0 Å². The van der Waals surface area contributed by atoms with E-state index in [1.807, 2.05) is 19.1 Å². The van der Waals surface area contributed by atoms with Crippen molar-refractivity contribution >= 4 is 15.8 Å². The van der Waals surface area contributed by atoms with E-state index in [0.717, 1.165) is 12.0 Å². The lowest BCUT2D eigenvalue weighted by Gasteiger charge is -2.31. The fraction of sp³-hybridized carbons (Fsp3) is 0.650. The number of nitrogens with zero attached hydrogens (tertiary/aromatic N) is 1. The smallest absolute Gasteiger partial charge is 0.243 e. The van der Waals surface area contributed by atoms with Crippen LogP contribution in [0.5, 0.6) is 0 Å². The van der Waals surface area contributed by atoms with Gasteiger partial charge in [0.05, 0.1) is 4.90 Å². The van der Waals surface area contributed by atoms with Crippen LogP contribution in [0.25, 0.3) is 0 Å². The molecule has 2 unspecified atom stereocenters. The van der Waals surface area contributed by atoms with Gasteiger partial charge in [-0.15, -0.1) is 0 Å². The second-order valence-corrected chi connectivity index (χ2v) is 11.4. The first kappa shape index (κ1) is 16.0. The molecule has 1 heterocycles. The Bertz CT molecular complexity index is 903. The number of aryl methyl sites for hydroxylation is 1. The summed E-state index contributed by atoms with van der Waals surface area (Å²) in [6.45, 7) is 9.47. The first-order valence-corrected chi connectivity index (χ1v) is 10.6. The molecule has 0 aromatic heterocycles. The van der Waals surface area contributed by atoms with Crippen molar-refractivity contribution in [1.82, 2.24) is 4.31 Å². The fourth-order valence-corrected chi connectivity index (χ4v) is 8.59. The molecule has 4 fully saturated rings. The summed E-state index contributed by atoms with van der Waals surface area (Å²) in [5, 5.41) is 0. The van der Waals surface area contributed by atoms with E-state index >= 15 is 0 Å². The van der Waals surface area contributed by atoms with Gasteiger partial charge in [0, 0.05) is 29.8 Å².